The maximum Gasteiger partial charge on any atom is 0.261 e. The van der Waals surface area contributed by atoms with E-state index in [4.69, 9.17) is 9.47 Å². The molecule has 3 aromatic rings. The number of carbonyl (C=O) groups excluding carboxylic acids is 1. The van der Waals surface area contributed by atoms with Crippen LogP contribution >= 0.6 is 0 Å². The van der Waals surface area contributed by atoms with Crippen LogP contribution in [0.3, 0.4) is 0 Å². The highest BCUT2D eigenvalue weighted by atomic mass is 16.5. The Balaban J connectivity index is 1.60. The Hall–Kier alpha value is -3.01. The Morgan fingerprint density at radius 3 is 2.43 bits per heavy atom. The van der Waals surface area contributed by atoms with Gasteiger partial charge >= 0.3 is 0 Å². The first-order valence-corrected chi connectivity index (χ1v) is 9.71. The summed E-state index contributed by atoms with van der Waals surface area (Å²) in [6.45, 7) is 6.29. The van der Waals surface area contributed by atoms with Gasteiger partial charge in [0.05, 0.1) is 6.04 Å². The second kappa shape index (κ2) is 9.27. The van der Waals surface area contributed by atoms with Crippen LogP contribution in [0, 0.1) is 6.92 Å². The predicted octanol–water partition coefficient (Wildman–Crippen LogP) is 4.89. The molecule has 0 heterocycles. The number of rotatable bonds is 8. The first kappa shape index (κ1) is 19.7. The Morgan fingerprint density at radius 2 is 1.64 bits per heavy atom. The summed E-state index contributed by atoms with van der Waals surface area (Å²) in [6.07, 6.45) is 0.0344. The van der Waals surface area contributed by atoms with Crippen molar-refractivity contribution in [3.05, 3.63) is 72.3 Å². The number of hydrogen-bond acceptors (Lipinski definition) is 3. The topological polar surface area (TPSA) is 47.6 Å². The van der Waals surface area contributed by atoms with E-state index in [2.05, 4.69) is 5.32 Å². The third-order valence-electron chi connectivity index (χ3n) is 4.65. The fraction of sp³-hybridized carbons (Fsp3) is 0.292. The van der Waals surface area contributed by atoms with Gasteiger partial charge < -0.3 is 14.8 Å². The van der Waals surface area contributed by atoms with Crippen molar-refractivity contribution in [3.8, 4) is 11.5 Å². The molecule has 3 rings (SSSR count). The number of carbonyl (C=O) groups is 1. The molecule has 0 saturated heterocycles. The molecule has 3 aromatic carbocycles. The van der Waals surface area contributed by atoms with Crippen LogP contribution in [0.4, 0.5) is 0 Å². The SMILES string of the molecule is CCC(Oc1cccc2ccccc12)C(=O)NC(C)COc1ccccc1C. The Morgan fingerprint density at radius 1 is 0.964 bits per heavy atom. The summed E-state index contributed by atoms with van der Waals surface area (Å²) in [5.74, 6) is 1.43. The Labute approximate surface area is 166 Å². The van der Waals surface area contributed by atoms with Crippen molar-refractivity contribution in [3.63, 3.8) is 0 Å². The van der Waals surface area contributed by atoms with Crippen LogP contribution in [0.2, 0.25) is 0 Å². The molecule has 4 nitrogen and oxygen atoms in total. The van der Waals surface area contributed by atoms with Gasteiger partial charge in [-0.15, -0.1) is 0 Å². The molecule has 146 valence electrons. The van der Waals surface area contributed by atoms with Gasteiger partial charge in [-0.2, -0.15) is 0 Å². The lowest BCUT2D eigenvalue weighted by molar-refractivity contribution is -0.128. The van der Waals surface area contributed by atoms with Crippen LogP contribution in [0.1, 0.15) is 25.8 Å². The number of ether oxygens (including phenoxy) is 2. The smallest absolute Gasteiger partial charge is 0.261 e. The van der Waals surface area contributed by atoms with E-state index in [9.17, 15) is 4.79 Å². The average Bonchev–Trinajstić information content (AvgIpc) is 2.71. The minimum absolute atomic E-state index is 0.128. The van der Waals surface area contributed by atoms with Crippen molar-refractivity contribution in [2.75, 3.05) is 6.61 Å². The average molecular weight is 377 g/mol. The highest BCUT2D eigenvalue weighted by molar-refractivity contribution is 5.89. The minimum atomic E-state index is -0.549. The van der Waals surface area contributed by atoms with E-state index in [0.717, 1.165) is 27.8 Å². The van der Waals surface area contributed by atoms with Crippen molar-refractivity contribution in [1.29, 1.82) is 0 Å². The van der Waals surface area contributed by atoms with E-state index in [1.165, 1.54) is 0 Å². The third-order valence-corrected chi connectivity index (χ3v) is 4.65. The standard InChI is InChI=1S/C24H27NO3/c1-4-21(28-23-15-9-12-19-11-6-7-13-20(19)23)24(26)25-18(3)16-27-22-14-8-5-10-17(22)2/h5-15,18,21H,4,16H2,1-3H3,(H,25,26). The van der Waals surface area contributed by atoms with Gasteiger partial charge in [0.1, 0.15) is 18.1 Å². The van der Waals surface area contributed by atoms with E-state index in [-0.39, 0.29) is 11.9 Å². The molecule has 0 fully saturated rings. The van der Waals surface area contributed by atoms with Crippen molar-refractivity contribution in [2.45, 2.75) is 39.3 Å². The van der Waals surface area contributed by atoms with E-state index < -0.39 is 6.10 Å². The lowest BCUT2D eigenvalue weighted by Crippen LogP contribution is -2.44. The van der Waals surface area contributed by atoms with Gasteiger partial charge in [-0.05, 0) is 43.4 Å². The quantitative estimate of drug-likeness (QED) is 0.608. The molecule has 1 amide bonds. The maximum atomic E-state index is 12.7. The van der Waals surface area contributed by atoms with Crippen molar-refractivity contribution in [1.82, 2.24) is 5.32 Å². The molecule has 0 spiro atoms. The summed E-state index contributed by atoms with van der Waals surface area (Å²) < 4.78 is 11.9. The molecule has 2 atom stereocenters. The van der Waals surface area contributed by atoms with Crippen LogP contribution in [-0.4, -0.2) is 24.7 Å². The molecule has 0 saturated carbocycles. The molecular weight excluding hydrogens is 350 g/mol. The molecule has 1 N–H and O–H groups in total. The molecule has 2 unspecified atom stereocenters. The number of amides is 1. The van der Waals surface area contributed by atoms with Gasteiger partial charge in [0.2, 0.25) is 0 Å². The summed E-state index contributed by atoms with van der Waals surface area (Å²) in [7, 11) is 0. The second-order valence-electron chi connectivity index (χ2n) is 6.98. The number of hydrogen-bond donors (Lipinski definition) is 1. The molecule has 0 aromatic heterocycles. The van der Waals surface area contributed by atoms with Crippen LogP contribution in [-0.2, 0) is 4.79 Å². The summed E-state index contributed by atoms with van der Waals surface area (Å²) in [5, 5.41) is 5.10. The first-order valence-electron chi connectivity index (χ1n) is 9.71. The molecule has 0 radical (unpaired) electrons. The molecule has 0 bridgehead atoms. The summed E-state index contributed by atoms with van der Waals surface area (Å²) in [4.78, 5) is 12.7. The van der Waals surface area contributed by atoms with Crippen molar-refractivity contribution < 1.29 is 14.3 Å². The monoisotopic (exact) mass is 377 g/mol. The molecule has 4 heteroatoms. The number of fused-ring (bicyclic) bond motifs is 1. The van der Waals surface area contributed by atoms with Gasteiger partial charge in [0.25, 0.3) is 5.91 Å². The summed E-state index contributed by atoms with van der Waals surface area (Å²) in [6, 6.07) is 21.6. The normalized spacial score (nSPS) is 13.0. The van der Waals surface area contributed by atoms with Crippen LogP contribution in [0.15, 0.2) is 66.7 Å². The minimum Gasteiger partial charge on any atom is -0.491 e. The fourth-order valence-electron chi connectivity index (χ4n) is 3.08. The zero-order chi connectivity index (χ0) is 19.9. The number of aryl methyl sites for hydroxylation is 1. The summed E-state index contributed by atoms with van der Waals surface area (Å²) in [5.41, 5.74) is 1.08. The molecule has 0 aliphatic carbocycles. The number of para-hydroxylation sites is 1. The number of nitrogens with one attached hydrogen (secondary N) is 1. The molecule has 0 aliphatic rings. The Kier molecular flexibility index (Phi) is 6.53. The molecular formula is C24H27NO3. The van der Waals surface area contributed by atoms with Gasteiger partial charge in [-0.3, -0.25) is 4.79 Å². The molecule has 28 heavy (non-hydrogen) atoms. The van der Waals surface area contributed by atoms with Crippen LogP contribution in [0.25, 0.3) is 10.8 Å². The lowest BCUT2D eigenvalue weighted by Gasteiger charge is -2.21. The van der Waals surface area contributed by atoms with Crippen LogP contribution < -0.4 is 14.8 Å². The summed E-state index contributed by atoms with van der Waals surface area (Å²) >= 11 is 0. The van der Waals surface area contributed by atoms with E-state index in [0.29, 0.717) is 13.0 Å². The number of benzene rings is 3. The highest BCUT2D eigenvalue weighted by Crippen LogP contribution is 2.26. The van der Waals surface area contributed by atoms with Gasteiger partial charge in [0, 0.05) is 5.39 Å². The maximum absolute atomic E-state index is 12.7. The largest absolute Gasteiger partial charge is 0.491 e. The highest BCUT2D eigenvalue weighted by Gasteiger charge is 2.21. The van der Waals surface area contributed by atoms with Gasteiger partial charge in [0.15, 0.2) is 6.10 Å². The van der Waals surface area contributed by atoms with Gasteiger partial charge in [-0.1, -0.05) is 61.5 Å². The van der Waals surface area contributed by atoms with E-state index in [1.807, 2.05) is 87.5 Å². The third kappa shape index (κ3) is 4.83. The zero-order valence-electron chi connectivity index (χ0n) is 16.6. The van der Waals surface area contributed by atoms with Crippen LogP contribution in [0.5, 0.6) is 11.5 Å². The van der Waals surface area contributed by atoms with Gasteiger partial charge in [-0.25, -0.2) is 0 Å². The zero-order valence-corrected chi connectivity index (χ0v) is 16.6. The molecule has 0 aliphatic heterocycles. The Bertz CT molecular complexity index is 933. The fourth-order valence-corrected chi connectivity index (χ4v) is 3.08. The second-order valence-corrected chi connectivity index (χ2v) is 6.98. The predicted molar refractivity (Wildman–Crippen MR) is 113 cm³/mol. The lowest BCUT2D eigenvalue weighted by atomic mass is 10.1. The van der Waals surface area contributed by atoms with Crippen molar-refractivity contribution >= 4 is 16.7 Å². The van der Waals surface area contributed by atoms with E-state index >= 15 is 0 Å². The van der Waals surface area contributed by atoms with Crippen molar-refractivity contribution in [2.24, 2.45) is 0 Å². The van der Waals surface area contributed by atoms with E-state index in [1.54, 1.807) is 0 Å². The first-order chi connectivity index (χ1) is 13.6.